The van der Waals surface area contributed by atoms with Gasteiger partial charge in [0.05, 0.1) is 0 Å². The summed E-state index contributed by atoms with van der Waals surface area (Å²) in [5.74, 6) is 0.723. The van der Waals surface area contributed by atoms with Crippen molar-refractivity contribution >= 4 is 0 Å². The molecule has 2 aliphatic heterocycles. The highest BCUT2D eigenvalue weighted by molar-refractivity contribution is 5.35. The van der Waals surface area contributed by atoms with Crippen LogP contribution in [0.15, 0.2) is 24.3 Å². The van der Waals surface area contributed by atoms with Crippen molar-refractivity contribution in [1.29, 1.82) is 0 Å². The lowest BCUT2D eigenvalue weighted by Gasteiger charge is -2.35. The fourth-order valence-corrected chi connectivity index (χ4v) is 3.11. The van der Waals surface area contributed by atoms with E-state index in [2.05, 4.69) is 36.1 Å². The van der Waals surface area contributed by atoms with Gasteiger partial charge in [0.25, 0.3) is 0 Å². The summed E-state index contributed by atoms with van der Waals surface area (Å²) in [7, 11) is 0. The molecule has 3 rings (SSSR count). The molecule has 1 saturated heterocycles. The quantitative estimate of drug-likeness (QED) is 0.603. The Labute approximate surface area is 85.7 Å². The molecule has 0 aliphatic carbocycles. The highest BCUT2D eigenvalue weighted by Gasteiger charge is 2.33. The van der Waals surface area contributed by atoms with Gasteiger partial charge in [-0.25, -0.2) is 0 Å². The first-order valence-electron chi connectivity index (χ1n) is 5.69. The molecule has 74 valence electrons. The van der Waals surface area contributed by atoms with Crippen molar-refractivity contribution < 1.29 is 0 Å². The molecule has 1 aromatic carbocycles. The van der Waals surface area contributed by atoms with E-state index in [0.717, 1.165) is 12.0 Å². The molecule has 2 unspecified atom stereocenters. The van der Waals surface area contributed by atoms with E-state index in [1.807, 2.05) is 0 Å². The third-order valence-corrected chi connectivity index (χ3v) is 3.76. The molecule has 0 aromatic heterocycles. The summed E-state index contributed by atoms with van der Waals surface area (Å²) in [5.41, 5.74) is 3.19. The van der Waals surface area contributed by atoms with Gasteiger partial charge < -0.3 is 0 Å². The Morgan fingerprint density at radius 1 is 1.21 bits per heavy atom. The van der Waals surface area contributed by atoms with Crippen molar-refractivity contribution in [3.63, 3.8) is 0 Å². The van der Waals surface area contributed by atoms with E-state index in [0.29, 0.717) is 0 Å². The number of fused-ring (bicyclic) bond motifs is 3. The van der Waals surface area contributed by atoms with Crippen LogP contribution in [0.25, 0.3) is 0 Å². The summed E-state index contributed by atoms with van der Waals surface area (Å²) in [5, 5.41) is 0. The van der Waals surface area contributed by atoms with Crippen LogP contribution in [0.2, 0.25) is 0 Å². The lowest BCUT2D eigenvalue weighted by Crippen LogP contribution is -2.32. The predicted octanol–water partition coefficient (Wildman–Crippen LogP) is 2.94. The average molecular weight is 187 g/mol. The molecule has 0 bridgehead atoms. The van der Waals surface area contributed by atoms with Crippen LogP contribution in [0.1, 0.15) is 42.9 Å². The molecule has 0 N–H and O–H groups in total. The van der Waals surface area contributed by atoms with Gasteiger partial charge in [0.1, 0.15) is 0 Å². The molecule has 14 heavy (non-hydrogen) atoms. The Morgan fingerprint density at radius 2 is 2.00 bits per heavy atom. The first kappa shape index (κ1) is 8.49. The van der Waals surface area contributed by atoms with Crippen LogP contribution < -0.4 is 0 Å². The smallest absolute Gasteiger partial charge is 0.0351 e. The third-order valence-electron chi connectivity index (χ3n) is 3.76. The van der Waals surface area contributed by atoms with Gasteiger partial charge in [-0.15, -0.1) is 0 Å². The molecule has 1 nitrogen and oxygen atoms in total. The lowest BCUT2D eigenvalue weighted by atomic mass is 9.87. The van der Waals surface area contributed by atoms with Crippen LogP contribution in [-0.4, -0.2) is 18.0 Å². The molecular weight excluding hydrogens is 170 g/mol. The van der Waals surface area contributed by atoms with E-state index in [1.54, 1.807) is 11.1 Å². The van der Waals surface area contributed by atoms with Crippen molar-refractivity contribution in [2.24, 2.45) is 0 Å². The minimum Gasteiger partial charge on any atom is -0.296 e. The summed E-state index contributed by atoms with van der Waals surface area (Å²) in [4.78, 5) is 2.66. The highest BCUT2D eigenvalue weighted by Crippen LogP contribution is 2.41. The number of hydrogen-bond acceptors (Lipinski definition) is 1. The molecule has 0 saturated carbocycles. The Bertz CT molecular complexity index is 345. The standard InChI is InChI=1S/C13H17N/c1-10-9-14-8-4-7-13(14)12-6-3-2-5-11(10)12/h2-3,5-6,10,13H,4,7-9H2,1H3. The second-order valence-corrected chi connectivity index (χ2v) is 4.68. The zero-order valence-corrected chi connectivity index (χ0v) is 8.74. The molecule has 0 radical (unpaired) electrons. The molecule has 2 aliphatic rings. The van der Waals surface area contributed by atoms with Crippen molar-refractivity contribution in [1.82, 2.24) is 4.90 Å². The first-order chi connectivity index (χ1) is 6.86. The van der Waals surface area contributed by atoms with E-state index >= 15 is 0 Å². The van der Waals surface area contributed by atoms with Gasteiger partial charge in [0, 0.05) is 12.6 Å². The maximum Gasteiger partial charge on any atom is 0.0351 e. The Hall–Kier alpha value is -0.820. The molecule has 2 atom stereocenters. The monoisotopic (exact) mass is 187 g/mol. The van der Waals surface area contributed by atoms with E-state index < -0.39 is 0 Å². The normalized spacial score (nSPS) is 31.2. The van der Waals surface area contributed by atoms with Crippen molar-refractivity contribution in [2.45, 2.75) is 31.7 Å². The fourth-order valence-electron chi connectivity index (χ4n) is 3.11. The lowest BCUT2D eigenvalue weighted by molar-refractivity contribution is 0.225. The van der Waals surface area contributed by atoms with Crippen LogP contribution in [0, 0.1) is 0 Å². The molecular formula is C13H17N. The van der Waals surface area contributed by atoms with Gasteiger partial charge in [-0.3, -0.25) is 4.90 Å². The number of hydrogen-bond donors (Lipinski definition) is 0. The van der Waals surface area contributed by atoms with Crippen molar-refractivity contribution in [3.8, 4) is 0 Å². The first-order valence-corrected chi connectivity index (χ1v) is 5.69. The van der Waals surface area contributed by atoms with Crippen molar-refractivity contribution in [2.75, 3.05) is 13.1 Å². The Morgan fingerprint density at radius 3 is 2.86 bits per heavy atom. The van der Waals surface area contributed by atoms with Gasteiger partial charge in [-0.05, 0) is 36.4 Å². The van der Waals surface area contributed by atoms with Crippen LogP contribution >= 0.6 is 0 Å². The Kier molecular flexibility index (Phi) is 1.88. The topological polar surface area (TPSA) is 3.24 Å². The minimum atomic E-state index is 0.723. The zero-order chi connectivity index (χ0) is 9.54. The van der Waals surface area contributed by atoms with Crippen LogP contribution in [-0.2, 0) is 0 Å². The third kappa shape index (κ3) is 1.12. The van der Waals surface area contributed by atoms with E-state index in [-0.39, 0.29) is 0 Å². The van der Waals surface area contributed by atoms with E-state index in [4.69, 9.17) is 0 Å². The van der Waals surface area contributed by atoms with Gasteiger partial charge in [-0.1, -0.05) is 31.2 Å². The number of rotatable bonds is 0. The Balaban J connectivity index is 2.09. The van der Waals surface area contributed by atoms with Gasteiger partial charge >= 0.3 is 0 Å². The fraction of sp³-hybridized carbons (Fsp3) is 0.538. The molecule has 1 fully saturated rings. The largest absolute Gasteiger partial charge is 0.296 e. The molecule has 0 amide bonds. The zero-order valence-electron chi connectivity index (χ0n) is 8.74. The maximum atomic E-state index is 2.66. The van der Waals surface area contributed by atoms with Crippen LogP contribution in [0.5, 0.6) is 0 Å². The number of benzene rings is 1. The molecule has 1 heteroatoms. The number of nitrogens with zero attached hydrogens (tertiary/aromatic N) is 1. The van der Waals surface area contributed by atoms with Gasteiger partial charge in [-0.2, -0.15) is 0 Å². The summed E-state index contributed by atoms with van der Waals surface area (Å²) >= 11 is 0. The molecule has 0 spiro atoms. The minimum absolute atomic E-state index is 0.723. The van der Waals surface area contributed by atoms with Crippen LogP contribution in [0.4, 0.5) is 0 Å². The highest BCUT2D eigenvalue weighted by atomic mass is 15.2. The average Bonchev–Trinajstić information content (AvgIpc) is 2.66. The second-order valence-electron chi connectivity index (χ2n) is 4.68. The van der Waals surface area contributed by atoms with Gasteiger partial charge in [0.2, 0.25) is 0 Å². The summed E-state index contributed by atoms with van der Waals surface area (Å²) in [6.45, 7) is 4.93. The SMILES string of the molecule is CC1CN2CCCC2c2ccccc21. The maximum absolute atomic E-state index is 2.66. The van der Waals surface area contributed by atoms with Crippen molar-refractivity contribution in [3.05, 3.63) is 35.4 Å². The summed E-state index contributed by atoms with van der Waals surface area (Å²) < 4.78 is 0. The predicted molar refractivity (Wildman–Crippen MR) is 58.4 cm³/mol. The van der Waals surface area contributed by atoms with Crippen LogP contribution in [0.3, 0.4) is 0 Å². The van der Waals surface area contributed by atoms with E-state index in [1.165, 1.54) is 25.9 Å². The van der Waals surface area contributed by atoms with Gasteiger partial charge in [0.15, 0.2) is 0 Å². The summed E-state index contributed by atoms with van der Waals surface area (Å²) in [6.07, 6.45) is 2.75. The van der Waals surface area contributed by atoms with E-state index in [9.17, 15) is 0 Å². The second kappa shape index (κ2) is 3.09. The summed E-state index contributed by atoms with van der Waals surface area (Å²) in [6, 6.07) is 9.75. The molecule has 2 heterocycles. The molecule has 1 aromatic rings.